The summed E-state index contributed by atoms with van der Waals surface area (Å²) in [6.45, 7) is 0.114. The average Bonchev–Trinajstić information content (AvgIpc) is 3.20. The normalized spacial score (nSPS) is 10.8. The Balaban J connectivity index is 1.54. The van der Waals surface area contributed by atoms with E-state index in [1.165, 1.54) is 28.6 Å². The number of aryl methyl sites for hydroxylation is 1. The first-order chi connectivity index (χ1) is 12.0. The Morgan fingerprint density at radius 2 is 2.20 bits per heavy atom. The molecule has 1 amide bonds. The molecule has 0 unspecified atom stereocenters. The minimum Gasteiger partial charge on any atom is -0.356 e. The lowest BCUT2D eigenvalue weighted by Gasteiger charge is -2.01. The van der Waals surface area contributed by atoms with E-state index in [1.807, 2.05) is 0 Å². The van der Waals surface area contributed by atoms with Crippen LogP contribution in [-0.2, 0) is 18.4 Å². The van der Waals surface area contributed by atoms with E-state index in [0.29, 0.717) is 10.9 Å². The molecule has 3 rings (SSSR count). The van der Waals surface area contributed by atoms with Gasteiger partial charge in [-0.15, -0.1) is 5.10 Å². The molecule has 0 radical (unpaired) electrons. The maximum Gasteiger partial charge on any atom is 0.230 e. The number of benzene rings is 1. The molecular formula is C14H12F2N6O2S. The topological polar surface area (TPSA) is 98.7 Å². The lowest BCUT2D eigenvalue weighted by Crippen LogP contribution is -2.24. The van der Waals surface area contributed by atoms with E-state index >= 15 is 0 Å². The van der Waals surface area contributed by atoms with Gasteiger partial charge < -0.3 is 9.84 Å². The quantitative estimate of drug-likeness (QED) is 0.661. The van der Waals surface area contributed by atoms with Crippen molar-refractivity contribution in [3.63, 3.8) is 0 Å². The number of carbonyl (C=O) groups is 1. The van der Waals surface area contributed by atoms with Crippen LogP contribution in [0.3, 0.4) is 0 Å². The third kappa shape index (κ3) is 4.18. The number of nitrogens with zero attached hydrogens (tertiary/aromatic N) is 5. The van der Waals surface area contributed by atoms with E-state index in [2.05, 4.69) is 26.0 Å². The summed E-state index contributed by atoms with van der Waals surface area (Å²) < 4.78 is 33.1. The van der Waals surface area contributed by atoms with Crippen molar-refractivity contribution in [1.82, 2.24) is 30.7 Å². The molecule has 0 saturated heterocycles. The minimum absolute atomic E-state index is 0.0943. The number of hydrogen-bond acceptors (Lipinski definition) is 7. The van der Waals surface area contributed by atoms with Crippen molar-refractivity contribution in [1.29, 1.82) is 0 Å². The van der Waals surface area contributed by atoms with Gasteiger partial charge in [0.2, 0.25) is 11.1 Å². The molecule has 0 saturated carbocycles. The minimum atomic E-state index is -0.750. The number of carbonyl (C=O) groups excluding carboxylic acids is 1. The first-order valence-corrected chi connectivity index (χ1v) is 8.04. The number of rotatable bonds is 6. The number of aromatic nitrogens is 5. The number of hydrogen-bond donors (Lipinski definition) is 1. The molecule has 0 aliphatic rings. The Hall–Kier alpha value is -2.82. The fourth-order valence-electron chi connectivity index (χ4n) is 1.93. The Morgan fingerprint density at radius 3 is 2.92 bits per heavy atom. The zero-order valence-electron chi connectivity index (χ0n) is 12.9. The SMILES string of the molecule is Cn1nnnc1SCC(=O)NCc1cc(-c2ccc(F)cc2F)on1. The summed E-state index contributed by atoms with van der Waals surface area (Å²) in [6.07, 6.45) is 0. The van der Waals surface area contributed by atoms with Crippen LogP contribution < -0.4 is 5.32 Å². The molecular weight excluding hydrogens is 354 g/mol. The van der Waals surface area contributed by atoms with Crippen LogP contribution in [0.4, 0.5) is 8.78 Å². The van der Waals surface area contributed by atoms with Gasteiger partial charge in [0.05, 0.1) is 17.9 Å². The van der Waals surface area contributed by atoms with Crippen LogP contribution in [0.15, 0.2) is 33.9 Å². The fourth-order valence-corrected chi connectivity index (χ4v) is 2.61. The highest BCUT2D eigenvalue weighted by Crippen LogP contribution is 2.24. The predicted molar refractivity (Wildman–Crippen MR) is 83.2 cm³/mol. The molecule has 8 nitrogen and oxygen atoms in total. The second kappa shape index (κ2) is 7.38. The molecule has 0 bridgehead atoms. The van der Waals surface area contributed by atoms with Crippen LogP contribution in [0.2, 0.25) is 0 Å². The van der Waals surface area contributed by atoms with E-state index < -0.39 is 11.6 Å². The highest BCUT2D eigenvalue weighted by Gasteiger charge is 2.13. The summed E-state index contributed by atoms with van der Waals surface area (Å²) in [4.78, 5) is 11.8. The second-order valence-corrected chi connectivity index (χ2v) is 5.90. The molecule has 0 aliphatic carbocycles. The highest BCUT2D eigenvalue weighted by molar-refractivity contribution is 7.99. The Labute approximate surface area is 144 Å². The van der Waals surface area contributed by atoms with E-state index in [1.54, 1.807) is 7.05 Å². The first kappa shape index (κ1) is 17.0. The van der Waals surface area contributed by atoms with E-state index in [-0.39, 0.29) is 29.5 Å². The van der Waals surface area contributed by atoms with Gasteiger partial charge in [-0.2, -0.15) is 0 Å². The molecule has 1 N–H and O–H groups in total. The Bertz CT molecular complexity index is 897. The number of nitrogens with one attached hydrogen (secondary N) is 1. The van der Waals surface area contributed by atoms with Crippen LogP contribution in [0.1, 0.15) is 5.69 Å². The van der Waals surface area contributed by atoms with Crippen LogP contribution in [0.25, 0.3) is 11.3 Å². The maximum absolute atomic E-state index is 13.7. The smallest absolute Gasteiger partial charge is 0.230 e. The number of amides is 1. The summed E-state index contributed by atoms with van der Waals surface area (Å²) in [5, 5.41) is 17.8. The molecule has 11 heteroatoms. The van der Waals surface area contributed by atoms with Crippen molar-refractivity contribution in [3.05, 3.63) is 41.6 Å². The van der Waals surface area contributed by atoms with Crippen molar-refractivity contribution in [2.24, 2.45) is 7.05 Å². The molecule has 3 aromatic rings. The monoisotopic (exact) mass is 366 g/mol. The van der Waals surface area contributed by atoms with Crippen LogP contribution in [0, 0.1) is 11.6 Å². The number of tetrazole rings is 1. The van der Waals surface area contributed by atoms with Gasteiger partial charge in [-0.25, -0.2) is 13.5 Å². The second-order valence-electron chi connectivity index (χ2n) is 4.96. The molecule has 1 aromatic carbocycles. The Morgan fingerprint density at radius 1 is 1.36 bits per heavy atom. The molecule has 0 spiro atoms. The van der Waals surface area contributed by atoms with Crippen molar-refractivity contribution >= 4 is 17.7 Å². The summed E-state index contributed by atoms with van der Waals surface area (Å²) >= 11 is 1.19. The molecule has 0 atom stereocenters. The van der Waals surface area contributed by atoms with Crippen LogP contribution in [0.5, 0.6) is 0 Å². The molecule has 0 fully saturated rings. The van der Waals surface area contributed by atoms with Gasteiger partial charge in [-0.05, 0) is 22.6 Å². The van der Waals surface area contributed by atoms with Crippen LogP contribution >= 0.6 is 11.8 Å². The van der Waals surface area contributed by atoms with Gasteiger partial charge in [0.15, 0.2) is 5.76 Å². The molecule has 2 heterocycles. The molecule has 0 aliphatic heterocycles. The lowest BCUT2D eigenvalue weighted by molar-refractivity contribution is -0.118. The lowest BCUT2D eigenvalue weighted by atomic mass is 10.1. The molecule has 2 aromatic heterocycles. The summed E-state index contributed by atoms with van der Waals surface area (Å²) in [6, 6.07) is 4.63. The summed E-state index contributed by atoms with van der Waals surface area (Å²) in [5.74, 6) is -1.39. The van der Waals surface area contributed by atoms with Gasteiger partial charge in [0, 0.05) is 19.2 Å². The maximum atomic E-state index is 13.7. The van der Waals surface area contributed by atoms with Crippen molar-refractivity contribution < 1.29 is 18.1 Å². The van der Waals surface area contributed by atoms with E-state index in [9.17, 15) is 13.6 Å². The highest BCUT2D eigenvalue weighted by atomic mass is 32.2. The van der Waals surface area contributed by atoms with Gasteiger partial charge in [0.1, 0.15) is 17.3 Å². The average molecular weight is 366 g/mol. The molecule has 130 valence electrons. The largest absolute Gasteiger partial charge is 0.356 e. The van der Waals surface area contributed by atoms with Crippen LogP contribution in [-0.4, -0.2) is 37.0 Å². The zero-order valence-corrected chi connectivity index (χ0v) is 13.8. The van der Waals surface area contributed by atoms with Crippen molar-refractivity contribution in [2.75, 3.05) is 5.75 Å². The van der Waals surface area contributed by atoms with E-state index in [4.69, 9.17) is 4.52 Å². The van der Waals surface area contributed by atoms with Gasteiger partial charge in [-0.1, -0.05) is 16.9 Å². The number of thioether (sulfide) groups is 1. The van der Waals surface area contributed by atoms with Crippen molar-refractivity contribution in [2.45, 2.75) is 11.7 Å². The zero-order chi connectivity index (χ0) is 17.8. The predicted octanol–water partition coefficient (Wildman–Crippen LogP) is 1.55. The Kier molecular flexibility index (Phi) is 5.03. The van der Waals surface area contributed by atoms with Gasteiger partial charge >= 0.3 is 0 Å². The van der Waals surface area contributed by atoms with Gasteiger partial charge in [0.25, 0.3) is 0 Å². The first-order valence-electron chi connectivity index (χ1n) is 7.06. The third-order valence-corrected chi connectivity index (χ3v) is 4.15. The summed E-state index contributed by atoms with van der Waals surface area (Å²) in [7, 11) is 1.67. The number of halogens is 2. The van der Waals surface area contributed by atoms with Gasteiger partial charge in [-0.3, -0.25) is 4.79 Å². The molecule has 25 heavy (non-hydrogen) atoms. The van der Waals surface area contributed by atoms with Crippen molar-refractivity contribution in [3.8, 4) is 11.3 Å². The van der Waals surface area contributed by atoms with E-state index in [0.717, 1.165) is 12.1 Å². The summed E-state index contributed by atoms with van der Waals surface area (Å²) in [5.41, 5.74) is 0.509. The third-order valence-electron chi connectivity index (χ3n) is 3.14. The fraction of sp³-hybridized carbons (Fsp3) is 0.214. The standard InChI is InChI=1S/C14H12F2N6O2S/c1-22-14(18-20-21-22)25-7-13(23)17-6-9-5-12(24-19-9)10-3-2-8(15)4-11(10)16/h2-5H,6-7H2,1H3,(H,17,23).